The van der Waals surface area contributed by atoms with Crippen LogP contribution in [-0.2, 0) is 9.53 Å². The van der Waals surface area contributed by atoms with E-state index in [1.54, 1.807) is 0 Å². The number of hydrogen-bond acceptors (Lipinski definition) is 5. The van der Waals surface area contributed by atoms with Crippen LogP contribution in [0.15, 0.2) is 16.6 Å². The van der Waals surface area contributed by atoms with Crippen molar-refractivity contribution in [2.75, 3.05) is 13.7 Å². The maximum Gasteiger partial charge on any atom is 0.343 e. The lowest BCUT2D eigenvalue weighted by molar-refractivity contribution is -0.386. The van der Waals surface area contributed by atoms with E-state index >= 15 is 0 Å². The lowest BCUT2D eigenvalue weighted by Crippen LogP contribution is -2.14. The fourth-order valence-electron chi connectivity index (χ4n) is 1.02. The van der Waals surface area contributed by atoms with Gasteiger partial charge in [0.05, 0.1) is 12.0 Å². The van der Waals surface area contributed by atoms with Gasteiger partial charge in [0, 0.05) is 10.5 Å². The average Bonchev–Trinajstić information content (AvgIpc) is 2.26. The Labute approximate surface area is 104 Å². The highest BCUT2D eigenvalue weighted by Gasteiger charge is 2.22. The summed E-state index contributed by atoms with van der Waals surface area (Å²) >= 11 is 2.92. The maximum absolute atomic E-state index is 13.4. The minimum Gasteiger partial charge on any atom is -0.473 e. The number of benzene rings is 1. The van der Waals surface area contributed by atoms with Gasteiger partial charge in [-0.2, -0.15) is 0 Å². The van der Waals surface area contributed by atoms with E-state index in [1.807, 2.05) is 0 Å². The molecule has 0 saturated heterocycles. The highest BCUT2D eigenvalue weighted by atomic mass is 79.9. The van der Waals surface area contributed by atoms with Crippen molar-refractivity contribution in [2.24, 2.45) is 0 Å². The molecule has 0 aromatic heterocycles. The number of hydrogen-bond donors (Lipinski definition) is 0. The highest BCUT2D eigenvalue weighted by molar-refractivity contribution is 9.10. The Bertz CT molecular complexity index is 465. The number of halogens is 2. The summed E-state index contributed by atoms with van der Waals surface area (Å²) < 4.78 is 22.6. The Hall–Kier alpha value is -1.70. The van der Waals surface area contributed by atoms with Crippen molar-refractivity contribution in [3.8, 4) is 5.75 Å². The van der Waals surface area contributed by atoms with Crippen LogP contribution in [0.4, 0.5) is 10.1 Å². The van der Waals surface area contributed by atoms with E-state index in [4.69, 9.17) is 4.74 Å². The van der Waals surface area contributed by atoms with Crippen molar-refractivity contribution in [1.29, 1.82) is 0 Å². The third-order valence-electron chi connectivity index (χ3n) is 1.75. The third-order valence-corrected chi connectivity index (χ3v) is 2.21. The standard InChI is InChI=1S/C9H7BrFNO5/c1-16-8(13)4-17-9-6(11)2-5(10)3-7(9)12(14)15/h2-3H,4H2,1H3. The van der Waals surface area contributed by atoms with Gasteiger partial charge in [0.1, 0.15) is 0 Å². The topological polar surface area (TPSA) is 78.7 Å². The Kier molecular flexibility index (Phi) is 4.38. The molecule has 0 aliphatic rings. The lowest BCUT2D eigenvalue weighted by atomic mass is 10.3. The van der Waals surface area contributed by atoms with Crippen molar-refractivity contribution in [3.05, 3.63) is 32.5 Å². The number of methoxy groups -OCH3 is 1. The number of rotatable bonds is 4. The molecular formula is C9H7BrFNO5. The third kappa shape index (κ3) is 3.38. The van der Waals surface area contributed by atoms with E-state index in [0.717, 1.165) is 19.2 Å². The van der Waals surface area contributed by atoms with E-state index in [-0.39, 0.29) is 4.47 Å². The van der Waals surface area contributed by atoms with Crippen LogP contribution in [0.3, 0.4) is 0 Å². The zero-order valence-corrected chi connectivity index (χ0v) is 10.2. The van der Waals surface area contributed by atoms with Crippen LogP contribution in [0.5, 0.6) is 5.75 Å². The first-order valence-electron chi connectivity index (χ1n) is 4.28. The number of ether oxygens (including phenoxy) is 2. The van der Waals surface area contributed by atoms with E-state index < -0.39 is 34.8 Å². The molecule has 0 heterocycles. The monoisotopic (exact) mass is 307 g/mol. The zero-order chi connectivity index (χ0) is 13.0. The second-order valence-corrected chi connectivity index (χ2v) is 3.77. The van der Waals surface area contributed by atoms with Crippen LogP contribution < -0.4 is 4.74 Å². The average molecular weight is 308 g/mol. The molecule has 0 aliphatic heterocycles. The molecule has 0 atom stereocenters. The second-order valence-electron chi connectivity index (χ2n) is 2.86. The van der Waals surface area contributed by atoms with E-state index in [2.05, 4.69) is 20.7 Å². The molecule has 92 valence electrons. The summed E-state index contributed by atoms with van der Waals surface area (Å²) in [4.78, 5) is 20.7. The summed E-state index contributed by atoms with van der Waals surface area (Å²) in [5.41, 5.74) is -0.569. The molecule has 1 aromatic rings. The Morgan fingerprint density at radius 3 is 2.76 bits per heavy atom. The van der Waals surface area contributed by atoms with Crippen molar-refractivity contribution in [2.45, 2.75) is 0 Å². The number of nitro groups is 1. The van der Waals surface area contributed by atoms with Gasteiger partial charge in [0.15, 0.2) is 12.4 Å². The number of carbonyl (C=O) groups is 1. The van der Waals surface area contributed by atoms with Gasteiger partial charge < -0.3 is 9.47 Å². The molecule has 0 amide bonds. The largest absolute Gasteiger partial charge is 0.473 e. The van der Waals surface area contributed by atoms with Crippen molar-refractivity contribution >= 4 is 27.6 Å². The fraction of sp³-hybridized carbons (Fsp3) is 0.222. The number of nitro benzene ring substituents is 1. The molecule has 0 unspecified atom stereocenters. The van der Waals surface area contributed by atoms with Crippen LogP contribution in [0.1, 0.15) is 0 Å². The summed E-state index contributed by atoms with van der Waals surface area (Å²) in [6.07, 6.45) is 0. The number of nitrogens with zero attached hydrogens (tertiary/aromatic N) is 1. The number of esters is 1. The minimum absolute atomic E-state index is 0.201. The smallest absolute Gasteiger partial charge is 0.343 e. The number of carbonyl (C=O) groups excluding carboxylic acids is 1. The van der Waals surface area contributed by atoms with Gasteiger partial charge in [-0.1, -0.05) is 15.9 Å². The molecule has 8 heteroatoms. The van der Waals surface area contributed by atoms with Gasteiger partial charge >= 0.3 is 11.7 Å². The first-order chi connectivity index (χ1) is 7.95. The van der Waals surface area contributed by atoms with Gasteiger partial charge in [0.25, 0.3) is 0 Å². The molecule has 0 saturated carbocycles. The Balaban J connectivity index is 3.04. The Morgan fingerprint density at radius 2 is 2.24 bits per heavy atom. The van der Waals surface area contributed by atoms with Gasteiger partial charge in [-0.25, -0.2) is 9.18 Å². The predicted molar refractivity (Wildman–Crippen MR) is 58.3 cm³/mol. The summed E-state index contributed by atoms with van der Waals surface area (Å²) in [5, 5.41) is 10.7. The molecule has 0 spiro atoms. The van der Waals surface area contributed by atoms with Gasteiger partial charge in [-0.15, -0.1) is 0 Å². The Morgan fingerprint density at radius 1 is 1.59 bits per heavy atom. The molecule has 0 bridgehead atoms. The summed E-state index contributed by atoms with van der Waals surface area (Å²) in [7, 11) is 1.12. The van der Waals surface area contributed by atoms with Crippen LogP contribution in [-0.4, -0.2) is 24.6 Å². The van der Waals surface area contributed by atoms with Gasteiger partial charge in [-0.05, 0) is 6.07 Å². The zero-order valence-electron chi connectivity index (χ0n) is 8.61. The molecule has 0 N–H and O–H groups in total. The summed E-state index contributed by atoms with van der Waals surface area (Å²) in [6.45, 7) is -0.601. The van der Waals surface area contributed by atoms with E-state index in [0.29, 0.717) is 0 Å². The highest BCUT2D eigenvalue weighted by Crippen LogP contribution is 2.33. The molecule has 6 nitrogen and oxygen atoms in total. The molecular weight excluding hydrogens is 301 g/mol. The normalized spacial score (nSPS) is 9.82. The lowest BCUT2D eigenvalue weighted by Gasteiger charge is -2.06. The van der Waals surface area contributed by atoms with Crippen LogP contribution in [0, 0.1) is 15.9 Å². The molecule has 17 heavy (non-hydrogen) atoms. The summed E-state index contributed by atoms with van der Waals surface area (Å²) in [5.74, 6) is -2.29. The fourth-order valence-corrected chi connectivity index (χ4v) is 1.43. The quantitative estimate of drug-likeness (QED) is 0.483. The molecule has 0 aliphatic carbocycles. The minimum atomic E-state index is -0.935. The first-order valence-corrected chi connectivity index (χ1v) is 5.08. The van der Waals surface area contributed by atoms with Crippen molar-refractivity contribution in [1.82, 2.24) is 0 Å². The van der Waals surface area contributed by atoms with E-state index in [9.17, 15) is 19.3 Å². The molecule has 1 aromatic carbocycles. The van der Waals surface area contributed by atoms with Crippen LogP contribution in [0.25, 0.3) is 0 Å². The molecule has 0 fully saturated rings. The molecule has 0 radical (unpaired) electrons. The van der Waals surface area contributed by atoms with Gasteiger partial charge in [0.2, 0.25) is 5.75 Å². The van der Waals surface area contributed by atoms with Crippen molar-refractivity contribution < 1.29 is 23.6 Å². The van der Waals surface area contributed by atoms with E-state index in [1.165, 1.54) is 0 Å². The SMILES string of the molecule is COC(=O)COc1c(F)cc(Br)cc1[N+](=O)[O-]. The van der Waals surface area contributed by atoms with Crippen LogP contribution >= 0.6 is 15.9 Å². The summed E-state index contributed by atoms with van der Waals surface area (Å²) in [6, 6.07) is 2.08. The second kappa shape index (κ2) is 5.58. The van der Waals surface area contributed by atoms with Gasteiger partial charge in [-0.3, -0.25) is 10.1 Å². The molecule has 1 rings (SSSR count). The predicted octanol–water partition coefficient (Wildman–Crippen LogP) is 2.05. The van der Waals surface area contributed by atoms with Crippen molar-refractivity contribution in [3.63, 3.8) is 0 Å². The maximum atomic E-state index is 13.4. The first kappa shape index (κ1) is 13.4. The van der Waals surface area contributed by atoms with Crippen LogP contribution in [0.2, 0.25) is 0 Å².